The average molecular weight is 340 g/mol. The van der Waals surface area contributed by atoms with Gasteiger partial charge in [0, 0.05) is 16.8 Å². The number of rotatable bonds is 5. The third-order valence-electron chi connectivity index (χ3n) is 4.03. The number of aromatic nitrogens is 2. The first-order chi connectivity index (χ1) is 12.1. The molecule has 7 nitrogen and oxygen atoms in total. The number of aromatic amines is 1. The van der Waals surface area contributed by atoms with E-state index in [2.05, 4.69) is 16.3 Å². The fourth-order valence-electron chi connectivity index (χ4n) is 3.01. The van der Waals surface area contributed by atoms with Crippen LogP contribution in [0.5, 0.6) is 17.4 Å². The van der Waals surface area contributed by atoms with Crippen LogP contribution in [0.3, 0.4) is 0 Å². The molecule has 25 heavy (non-hydrogen) atoms. The molecular formula is C18H20N4O3. The first-order valence-corrected chi connectivity index (χ1v) is 8.12. The highest BCUT2D eigenvalue weighted by Crippen LogP contribution is 2.46. The lowest BCUT2D eigenvalue weighted by molar-refractivity contribution is 0.325. The maximum absolute atomic E-state index is 9.67. The minimum atomic E-state index is -0.436. The number of nitrogens with one attached hydrogen (secondary N) is 1. The molecule has 0 aliphatic carbocycles. The van der Waals surface area contributed by atoms with Gasteiger partial charge in [-0.05, 0) is 39.0 Å². The van der Waals surface area contributed by atoms with E-state index in [0.717, 1.165) is 16.8 Å². The molecule has 0 saturated carbocycles. The van der Waals surface area contributed by atoms with Gasteiger partial charge in [-0.15, -0.1) is 5.10 Å². The highest BCUT2D eigenvalue weighted by molar-refractivity contribution is 5.59. The lowest BCUT2D eigenvalue weighted by Crippen LogP contribution is -2.21. The second-order valence-electron chi connectivity index (χ2n) is 5.56. The molecule has 3 rings (SSSR count). The van der Waals surface area contributed by atoms with Crippen LogP contribution in [0.1, 0.15) is 36.6 Å². The highest BCUT2D eigenvalue weighted by Gasteiger charge is 2.36. The number of nitrogens with two attached hydrogens (primary N) is 1. The summed E-state index contributed by atoms with van der Waals surface area (Å²) in [7, 11) is 0. The van der Waals surface area contributed by atoms with Crippen molar-refractivity contribution in [1.82, 2.24) is 10.2 Å². The smallest absolute Gasteiger partial charge is 0.244 e. The molecule has 1 aromatic heterocycles. The van der Waals surface area contributed by atoms with E-state index in [9.17, 15) is 5.26 Å². The van der Waals surface area contributed by atoms with Gasteiger partial charge >= 0.3 is 0 Å². The van der Waals surface area contributed by atoms with Crippen molar-refractivity contribution in [1.29, 1.82) is 5.26 Å². The highest BCUT2D eigenvalue weighted by atomic mass is 16.5. The van der Waals surface area contributed by atoms with Gasteiger partial charge < -0.3 is 19.9 Å². The summed E-state index contributed by atoms with van der Waals surface area (Å²) in [5.74, 6) is 1.37. The molecular weight excluding hydrogens is 320 g/mol. The Labute approximate surface area is 146 Å². The van der Waals surface area contributed by atoms with Gasteiger partial charge in [0.1, 0.15) is 23.1 Å². The van der Waals surface area contributed by atoms with E-state index in [1.807, 2.05) is 39.0 Å². The number of nitrogens with zero attached hydrogens (tertiary/aromatic N) is 2. The molecule has 0 spiro atoms. The van der Waals surface area contributed by atoms with Crippen LogP contribution in [-0.4, -0.2) is 23.4 Å². The van der Waals surface area contributed by atoms with Crippen molar-refractivity contribution >= 4 is 0 Å². The van der Waals surface area contributed by atoms with E-state index in [0.29, 0.717) is 36.2 Å². The first-order valence-electron chi connectivity index (χ1n) is 8.12. The summed E-state index contributed by atoms with van der Waals surface area (Å²) in [5.41, 5.74) is 8.68. The molecule has 130 valence electrons. The normalized spacial score (nSPS) is 16.0. The van der Waals surface area contributed by atoms with E-state index >= 15 is 0 Å². The summed E-state index contributed by atoms with van der Waals surface area (Å²) in [4.78, 5) is 0. The van der Waals surface area contributed by atoms with Crippen LogP contribution >= 0.6 is 0 Å². The number of H-pyrrole nitrogens is 1. The Morgan fingerprint density at radius 2 is 2.08 bits per heavy atom. The van der Waals surface area contributed by atoms with Gasteiger partial charge in [-0.1, -0.05) is 0 Å². The number of fused-ring (bicyclic) bond motifs is 1. The summed E-state index contributed by atoms with van der Waals surface area (Å²) in [6.07, 6.45) is 0. The molecule has 1 aliphatic rings. The quantitative estimate of drug-likeness (QED) is 0.867. The number of aryl methyl sites for hydroxylation is 1. The Kier molecular flexibility index (Phi) is 4.52. The molecule has 2 aromatic rings. The number of hydrogen-bond acceptors (Lipinski definition) is 6. The number of hydrogen-bond donors (Lipinski definition) is 2. The maximum atomic E-state index is 9.67. The predicted molar refractivity (Wildman–Crippen MR) is 91.4 cm³/mol. The number of benzene rings is 1. The van der Waals surface area contributed by atoms with Crippen LogP contribution in [0, 0.1) is 18.3 Å². The van der Waals surface area contributed by atoms with E-state index in [-0.39, 0.29) is 5.88 Å². The van der Waals surface area contributed by atoms with Crippen molar-refractivity contribution in [3.63, 3.8) is 0 Å². The van der Waals surface area contributed by atoms with Crippen LogP contribution in [0.4, 0.5) is 0 Å². The zero-order valence-corrected chi connectivity index (χ0v) is 14.4. The molecule has 0 unspecified atom stereocenters. The third-order valence-corrected chi connectivity index (χ3v) is 4.03. The summed E-state index contributed by atoms with van der Waals surface area (Å²) in [5, 5.41) is 16.7. The Morgan fingerprint density at radius 1 is 1.32 bits per heavy atom. The summed E-state index contributed by atoms with van der Waals surface area (Å²) in [6, 6.07) is 7.75. The molecule has 0 saturated heterocycles. The molecule has 0 radical (unpaired) electrons. The van der Waals surface area contributed by atoms with E-state index < -0.39 is 5.92 Å². The zero-order chi connectivity index (χ0) is 18.0. The first kappa shape index (κ1) is 16.7. The van der Waals surface area contributed by atoms with Gasteiger partial charge in [0.15, 0.2) is 0 Å². The standard InChI is InChI=1S/C18H20N4O3/c1-4-23-11-6-7-14(24-5-2)12(8-11)16-13(9-19)17(20)25-18-15(16)10(3)21-22-18/h6-8,16H,4-5,20H2,1-3H3,(H,21,22)/t16-/m1/s1. The van der Waals surface area contributed by atoms with Crippen LogP contribution in [0.25, 0.3) is 0 Å². The van der Waals surface area contributed by atoms with Crippen molar-refractivity contribution in [2.75, 3.05) is 13.2 Å². The minimum absolute atomic E-state index is 0.0516. The second kappa shape index (κ2) is 6.77. The molecule has 2 heterocycles. The molecule has 0 fully saturated rings. The lowest BCUT2D eigenvalue weighted by atomic mass is 9.83. The fourth-order valence-corrected chi connectivity index (χ4v) is 3.01. The summed E-state index contributed by atoms with van der Waals surface area (Å²) < 4.78 is 16.9. The molecule has 3 N–H and O–H groups in total. The Hall–Kier alpha value is -3.14. The van der Waals surface area contributed by atoms with Crippen molar-refractivity contribution < 1.29 is 14.2 Å². The second-order valence-corrected chi connectivity index (χ2v) is 5.56. The number of ether oxygens (including phenoxy) is 3. The van der Waals surface area contributed by atoms with Gasteiger partial charge in [0.05, 0.1) is 19.1 Å². The zero-order valence-electron chi connectivity index (χ0n) is 14.4. The lowest BCUT2D eigenvalue weighted by Gasteiger charge is -2.25. The predicted octanol–water partition coefficient (Wildman–Crippen LogP) is 2.73. The van der Waals surface area contributed by atoms with Gasteiger partial charge in [-0.25, -0.2) is 0 Å². The molecule has 0 bridgehead atoms. The van der Waals surface area contributed by atoms with Gasteiger partial charge in [0.25, 0.3) is 0 Å². The Morgan fingerprint density at radius 3 is 2.76 bits per heavy atom. The summed E-state index contributed by atoms with van der Waals surface area (Å²) in [6.45, 7) is 6.75. The van der Waals surface area contributed by atoms with Crippen LogP contribution in [0.15, 0.2) is 29.7 Å². The van der Waals surface area contributed by atoms with Crippen molar-refractivity contribution in [2.45, 2.75) is 26.7 Å². The van der Waals surface area contributed by atoms with Crippen LogP contribution in [0.2, 0.25) is 0 Å². The Balaban J connectivity index is 2.23. The largest absolute Gasteiger partial charge is 0.494 e. The topological polar surface area (TPSA) is 106 Å². The van der Waals surface area contributed by atoms with Crippen LogP contribution < -0.4 is 19.9 Å². The minimum Gasteiger partial charge on any atom is -0.494 e. The molecule has 1 aromatic carbocycles. The van der Waals surface area contributed by atoms with Crippen molar-refractivity contribution in [3.05, 3.63) is 46.5 Å². The number of nitriles is 1. The monoisotopic (exact) mass is 340 g/mol. The molecule has 7 heteroatoms. The SMILES string of the molecule is CCOc1ccc(OCC)c([C@@H]2C(C#N)=C(N)Oc3n[nH]c(C)c32)c1. The third kappa shape index (κ3) is 2.87. The molecule has 1 atom stereocenters. The van der Waals surface area contributed by atoms with Crippen LogP contribution in [-0.2, 0) is 0 Å². The van der Waals surface area contributed by atoms with Crippen molar-refractivity contribution in [2.24, 2.45) is 5.73 Å². The van der Waals surface area contributed by atoms with Crippen molar-refractivity contribution in [3.8, 4) is 23.4 Å². The molecule has 1 aliphatic heterocycles. The average Bonchev–Trinajstić information content (AvgIpc) is 2.96. The maximum Gasteiger partial charge on any atom is 0.244 e. The van der Waals surface area contributed by atoms with Gasteiger partial charge in [0.2, 0.25) is 11.8 Å². The van der Waals surface area contributed by atoms with E-state index in [4.69, 9.17) is 19.9 Å². The van der Waals surface area contributed by atoms with Gasteiger partial charge in [-0.3, -0.25) is 5.10 Å². The molecule has 0 amide bonds. The van der Waals surface area contributed by atoms with E-state index in [1.165, 1.54) is 0 Å². The van der Waals surface area contributed by atoms with E-state index in [1.54, 1.807) is 0 Å². The number of allylic oxidation sites excluding steroid dienone is 1. The summed E-state index contributed by atoms with van der Waals surface area (Å²) >= 11 is 0. The fraction of sp³-hybridized carbons (Fsp3) is 0.333. The Bertz CT molecular complexity index is 864. The van der Waals surface area contributed by atoms with Gasteiger partial charge in [-0.2, -0.15) is 5.26 Å².